The van der Waals surface area contributed by atoms with Crippen LogP contribution in [0.15, 0.2) is 12.3 Å². The van der Waals surface area contributed by atoms with Gasteiger partial charge in [0.25, 0.3) is 0 Å². The van der Waals surface area contributed by atoms with E-state index < -0.39 is 0 Å². The first-order valence-electron chi connectivity index (χ1n) is 5.46. The number of anilines is 1. The van der Waals surface area contributed by atoms with Crippen LogP contribution in [0.1, 0.15) is 5.82 Å². The third-order valence-electron chi connectivity index (χ3n) is 2.83. The first-order chi connectivity index (χ1) is 8.38. The summed E-state index contributed by atoms with van der Waals surface area (Å²) in [6.45, 7) is 3.15. The topological polar surface area (TPSA) is 77.8 Å². The maximum Gasteiger partial charge on any atom is 0.212 e. The Bertz CT molecular complexity index is 579. The Balaban J connectivity index is 2.09. The Labute approximate surface area is 97.8 Å². The van der Waals surface area contributed by atoms with Crippen LogP contribution in [0.2, 0.25) is 0 Å². The predicted octanol–water partition coefficient (Wildman–Crippen LogP) is 0.666. The van der Waals surface area contributed by atoms with Crippen LogP contribution in [0.25, 0.3) is 11.2 Å². The number of nitrogens with one attached hydrogen (secondary N) is 1. The SMILES string of the molecule is N#Cc1nc2nccc(N3CCOCC3)c2[nH]1. The molecular weight excluding hydrogens is 218 g/mol. The van der Waals surface area contributed by atoms with Crippen molar-refractivity contribution >= 4 is 16.9 Å². The van der Waals surface area contributed by atoms with Gasteiger partial charge in [-0.05, 0) is 6.07 Å². The Morgan fingerprint density at radius 3 is 3.00 bits per heavy atom. The van der Waals surface area contributed by atoms with Gasteiger partial charge in [0.2, 0.25) is 5.82 Å². The zero-order chi connectivity index (χ0) is 11.7. The number of ether oxygens (including phenoxy) is 1. The van der Waals surface area contributed by atoms with Crippen LogP contribution in [0.4, 0.5) is 5.69 Å². The van der Waals surface area contributed by atoms with Crippen molar-refractivity contribution in [2.24, 2.45) is 0 Å². The summed E-state index contributed by atoms with van der Waals surface area (Å²) in [6, 6.07) is 3.93. The number of morpholine rings is 1. The monoisotopic (exact) mass is 229 g/mol. The van der Waals surface area contributed by atoms with Crippen molar-refractivity contribution in [2.75, 3.05) is 31.2 Å². The molecule has 1 aliphatic rings. The predicted molar refractivity (Wildman–Crippen MR) is 61.6 cm³/mol. The first-order valence-corrected chi connectivity index (χ1v) is 5.46. The first kappa shape index (κ1) is 10.1. The largest absolute Gasteiger partial charge is 0.378 e. The molecule has 3 rings (SSSR count). The molecule has 86 valence electrons. The van der Waals surface area contributed by atoms with Gasteiger partial charge in [-0.25, -0.2) is 4.98 Å². The van der Waals surface area contributed by atoms with Crippen LogP contribution >= 0.6 is 0 Å². The molecule has 1 fully saturated rings. The Hall–Kier alpha value is -2.13. The van der Waals surface area contributed by atoms with E-state index >= 15 is 0 Å². The molecule has 6 heteroatoms. The minimum atomic E-state index is 0.299. The van der Waals surface area contributed by atoms with Crippen molar-refractivity contribution in [3.8, 4) is 6.07 Å². The van der Waals surface area contributed by atoms with Crippen LogP contribution < -0.4 is 4.90 Å². The van der Waals surface area contributed by atoms with E-state index in [9.17, 15) is 0 Å². The van der Waals surface area contributed by atoms with Gasteiger partial charge >= 0.3 is 0 Å². The minimum Gasteiger partial charge on any atom is -0.378 e. The molecule has 0 aliphatic carbocycles. The number of H-pyrrole nitrogens is 1. The number of hydrogen-bond donors (Lipinski definition) is 1. The van der Waals surface area contributed by atoms with Crippen LogP contribution in [-0.4, -0.2) is 41.3 Å². The molecule has 0 amide bonds. The fourth-order valence-corrected chi connectivity index (χ4v) is 2.02. The number of rotatable bonds is 1. The summed E-state index contributed by atoms with van der Waals surface area (Å²) in [5, 5.41) is 8.83. The second kappa shape index (κ2) is 4.03. The standard InChI is InChI=1S/C11H11N5O/c12-7-9-14-10-8(1-2-13-11(10)15-9)16-3-5-17-6-4-16/h1-2H,3-6H2,(H,13,14,15). The molecule has 0 unspecified atom stereocenters. The average Bonchev–Trinajstić information content (AvgIpc) is 2.82. The smallest absolute Gasteiger partial charge is 0.212 e. The molecule has 0 spiro atoms. The van der Waals surface area contributed by atoms with E-state index in [4.69, 9.17) is 10.00 Å². The quantitative estimate of drug-likeness (QED) is 0.777. The zero-order valence-electron chi connectivity index (χ0n) is 9.18. The summed E-state index contributed by atoms with van der Waals surface area (Å²) in [5.41, 5.74) is 2.45. The second-order valence-electron chi connectivity index (χ2n) is 3.83. The van der Waals surface area contributed by atoms with E-state index in [1.54, 1.807) is 6.20 Å². The van der Waals surface area contributed by atoms with Gasteiger partial charge in [-0.1, -0.05) is 0 Å². The lowest BCUT2D eigenvalue weighted by molar-refractivity contribution is 0.123. The summed E-state index contributed by atoms with van der Waals surface area (Å²) in [7, 11) is 0. The fourth-order valence-electron chi connectivity index (χ4n) is 2.02. The van der Waals surface area contributed by atoms with E-state index in [1.807, 2.05) is 12.1 Å². The van der Waals surface area contributed by atoms with Gasteiger partial charge < -0.3 is 14.6 Å². The number of nitriles is 1. The van der Waals surface area contributed by atoms with Crippen molar-refractivity contribution in [3.63, 3.8) is 0 Å². The number of imidazole rings is 1. The maximum atomic E-state index is 8.83. The van der Waals surface area contributed by atoms with Crippen LogP contribution in [0, 0.1) is 11.3 Å². The molecule has 0 radical (unpaired) electrons. The molecule has 0 aromatic carbocycles. The molecule has 1 saturated heterocycles. The molecule has 3 heterocycles. The van der Waals surface area contributed by atoms with Gasteiger partial charge in [0.1, 0.15) is 11.6 Å². The second-order valence-corrected chi connectivity index (χ2v) is 3.83. The molecule has 2 aromatic heterocycles. The van der Waals surface area contributed by atoms with Crippen molar-refractivity contribution in [1.82, 2.24) is 15.0 Å². The summed E-state index contributed by atoms with van der Waals surface area (Å²) in [4.78, 5) is 13.5. The molecule has 0 atom stereocenters. The van der Waals surface area contributed by atoms with Crippen LogP contribution in [0.3, 0.4) is 0 Å². The molecule has 1 N–H and O–H groups in total. The highest BCUT2D eigenvalue weighted by molar-refractivity contribution is 5.86. The average molecular weight is 229 g/mol. The number of aromatic amines is 1. The minimum absolute atomic E-state index is 0.299. The van der Waals surface area contributed by atoms with E-state index in [1.165, 1.54) is 0 Å². The van der Waals surface area contributed by atoms with E-state index in [2.05, 4.69) is 19.9 Å². The van der Waals surface area contributed by atoms with Gasteiger partial charge in [-0.2, -0.15) is 10.2 Å². The third kappa shape index (κ3) is 1.70. The highest BCUT2D eigenvalue weighted by atomic mass is 16.5. The number of hydrogen-bond acceptors (Lipinski definition) is 5. The Kier molecular flexibility index (Phi) is 2.38. The van der Waals surface area contributed by atoms with E-state index in [0.29, 0.717) is 11.5 Å². The van der Waals surface area contributed by atoms with Crippen molar-refractivity contribution in [1.29, 1.82) is 5.26 Å². The summed E-state index contributed by atoms with van der Waals surface area (Å²) in [6.07, 6.45) is 1.72. The van der Waals surface area contributed by atoms with Crippen molar-refractivity contribution < 1.29 is 4.74 Å². The molecule has 6 nitrogen and oxygen atoms in total. The van der Waals surface area contributed by atoms with Crippen LogP contribution in [0.5, 0.6) is 0 Å². The number of fused-ring (bicyclic) bond motifs is 1. The fraction of sp³-hybridized carbons (Fsp3) is 0.364. The van der Waals surface area contributed by atoms with Gasteiger partial charge in [0.15, 0.2) is 5.65 Å². The normalized spacial score (nSPS) is 16.1. The summed E-state index contributed by atoms with van der Waals surface area (Å²) < 4.78 is 5.32. The number of aromatic nitrogens is 3. The lowest BCUT2D eigenvalue weighted by Gasteiger charge is -2.28. The molecule has 2 aromatic rings. The van der Waals surface area contributed by atoms with Crippen LogP contribution in [-0.2, 0) is 4.74 Å². The number of nitrogens with zero attached hydrogens (tertiary/aromatic N) is 4. The highest BCUT2D eigenvalue weighted by Gasteiger charge is 2.16. The van der Waals surface area contributed by atoms with Crippen molar-refractivity contribution in [2.45, 2.75) is 0 Å². The summed E-state index contributed by atoms with van der Waals surface area (Å²) >= 11 is 0. The molecule has 0 bridgehead atoms. The Morgan fingerprint density at radius 2 is 2.24 bits per heavy atom. The molecule has 1 aliphatic heterocycles. The van der Waals surface area contributed by atoms with Gasteiger partial charge in [-0.3, -0.25) is 0 Å². The maximum absolute atomic E-state index is 8.83. The zero-order valence-corrected chi connectivity index (χ0v) is 9.18. The lowest BCUT2D eigenvalue weighted by Crippen LogP contribution is -2.36. The van der Waals surface area contributed by atoms with E-state index in [0.717, 1.165) is 37.5 Å². The molecule has 17 heavy (non-hydrogen) atoms. The molecular formula is C11H11N5O. The van der Waals surface area contributed by atoms with Crippen molar-refractivity contribution in [3.05, 3.63) is 18.1 Å². The summed E-state index contributed by atoms with van der Waals surface area (Å²) in [5.74, 6) is 0.299. The number of pyridine rings is 1. The van der Waals surface area contributed by atoms with Gasteiger partial charge in [0.05, 0.1) is 18.9 Å². The molecule has 0 saturated carbocycles. The lowest BCUT2D eigenvalue weighted by atomic mass is 10.3. The van der Waals surface area contributed by atoms with Gasteiger partial charge in [0, 0.05) is 19.3 Å². The van der Waals surface area contributed by atoms with E-state index in [-0.39, 0.29) is 0 Å². The third-order valence-corrected chi connectivity index (χ3v) is 2.83. The Morgan fingerprint density at radius 1 is 1.41 bits per heavy atom. The highest BCUT2D eigenvalue weighted by Crippen LogP contribution is 2.23. The van der Waals surface area contributed by atoms with Gasteiger partial charge in [-0.15, -0.1) is 0 Å².